The number of hydrogen-bond acceptors (Lipinski definition) is 4. The molecule has 84 valence electrons. The Bertz CT molecular complexity index is 290. The van der Waals surface area contributed by atoms with Crippen molar-refractivity contribution in [3.05, 3.63) is 0 Å². The van der Waals surface area contributed by atoms with Crippen LogP contribution in [0.3, 0.4) is 0 Å². The summed E-state index contributed by atoms with van der Waals surface area (Å²) in [5.41, 5.74) is -0.447. The molecule has 2 aliphatic heterocycles. The smallest absolute Gasteiger partial charge is 0.410 e. The van der Waals surface area contributed by atoms with Gasteiger partial charge >= 0.3 is 6.09 Å². The first-order valence-corrected chi connectivity index (χ1v) is 5.19. The molecular formula is C10H16N2O3. The molecular weight excluding hydrogens is 196 g/mol. The van der Waals surface area contributed by atoms with E-state index in [1.165, 1.54) is 0 Å². The van der Waals surface area contributed by atoms with Gasteiger partial charge in [0.2, 0.25) is 0 Å². The highest BCUT2D eigenvalue weighted by Gasteiger charge is 2.41. The summed E-state index contributed by atoms with van der Waals surface area (Å²) in [5, 5.41) is 0. The Kier molecular flexibility index (Phi) is 2.42. The van der Waals surface area contributed by atoms with Crippen molar-refractivity contribution in [1.29, 1.82) is 0 Å². The van der Waals surface area contributed by atoms with Crippen molar-refractivity contribution in [3.8, 4) is 0 Å². The Morgan fingerprint density at radius 3 is 2.87 bits per heavy atom. The van der Waals surface area contributed by atoms with E-state index in [0.717, 1.165) is 19.4 Å². The molecule has 0 saturated carbocycles. The molecule has 0 radical (unpaired) electrons. The van der Waals surface area contributed by atoms with Crippen molar-refractivity contribution in [1.82, 2.24) is 9.80 Å². The SMILES string of the molecule is CC(C)(C=O)N1CCN2C(=O)OC[C@H]2C1. The van der Waals surface area contributed by atoms with Gasteiger partial charge in [0.15, 0.2) is 0 Å². The third-order valence-electron chi connectivity index (χ3n) is 3.22. The molecule has 1 atom stereocenters. The van der Waals surface area contributed by atoms with Gasteiger partial charge in [0, 0.05) is 19.6 Å². The number of fused-ring (bicyclic) bond motifs is 1. The molecule has 0 aromatic rings. The molecule has 0 aliphatic carbocycles. The number of carbonyl (C=O) groups excluding carboxylic acids is 2. The molecule has 2 fully saturated rings. The predicted octanol–water partition coefficient (Wildman–Crippen LogP) is 0.100. The number of nitrogens with zero attached hydrogens (tertiary/aromatic N) is 2. The Morgan fingerprint density at radius 2 is 2.20 bits per heavy atom. The fraction of sp³-hybridized carbons (Fsp3) is 0.800. The molecule has 5 heteroatoms. The van der Waals surface area contributed by atoms with Crippen LogP contribution in [-0.2, 0) is 9.53 Å². The van der Waals surface area contributed by atoms with E-state index in [1.54, 1.807) is 4.90 Å². The number of cyclic esters (lactones) is 1. The summed E-state index contributed by atoms with van der Waals surface area (Å²) in [6.45, 7) is 6.35. The van der Waals surface area contributed by atoms with Crippen LogP contribution >= 0.6 is 0 Å². The molecule has 0 aromatic carbocycles. The van der Waals surface area contributed by atoms with Crippen molar-refractivity contribution in [3.63, 3.8) is 0 Å². The van der Waals surface area contributed by atoms with Crippen molar-refractivity contribution in [2.45, 2.75) is 25.4 Å². The fourth-order valence-electron chi connectivity index (χ4n) is 2.09. The van der Waals surface area contributed by atoms with Gasteiger partial charge in [-0.05, 0) is 13.8 Å². The lowest BCUT2D eigenvalue weighted by atomic mass is 10.0. The minimum Gasteiger partial charge on any atom is -0.447 e. The second kappa shape index (κ2) is 3.48. The molecule has 0 aromatic heterocycles. The van der Waals surface area contributed by atoms with Crippen LogP contribution in [0.5, 0.6) is 0 Å². The van der Waals surface area contributed by atoms with Gasteiger partial charge in [-0.15, -0.1) is 0 Å². The summed E-state index contributed by atoms with van der Waals surface area (Å²) < 4.78 is 4.97. The number of aldehydes is 1. The quantitative estimate of drug-likeness (QED) is 0.609. The summed E-state index contributed by atoms with van der Waals surface area (Å²) in [5.74, 6) is 0. The maximum absolute atomic E-state index is 11.3. The number of rotatable bonds is 2. The van der Waals surface area contributed by atoms with Crippen LogP contribution in [-0.4, -0.2) is 60.0 Å². The van der Waals surface area contributed by atoms with Gasteiger partial charge in [0.25, 0.3) is 0 Å². The van der Waals surface area contributed by atoms with E-state index < -0.39 is 5.54 Å². The minimum absolute atomic E-state index is 0.116. The van der Waals surface area contributed by atoms with Crippen LogP contribution in [0, 0.1) is 0 Å². The number of carbonyl (C=O) groups is 2. The molecule has 2 saturated heterocycles. The highest BCUT2D eigenvalue weighted by atomic mass is 16.6. The van der Waals surface area contributed by atoms with E-state index in [-0.39, 0.29) is 12.1 Å². The van der Waals surface area contributed by atoms with Crippen molar-refractivity contribution in [2.75, 3.05) is 26.2 Å². The van der Waals surface area contributed by atoms with Crippen LogP contribution in [0.2, 0.25) is 0 Å². The fourth-order valence-corrected chi connectivity index (χ4v) is 2.09. The van der Waals surface area contributed by atoms with Gasteiger partial charge in [-0.25, -0.2) is 4.79 Å². The molecule has 2 rings (SSSR count). The second-order valence-corrected chi connectivity index (χ2v) is 4.64. The van der Waals surface area contributed by atoms with Crippen LogP contribution in [0.4, 0.5) is 4.79 Å². The minimum atomic E-state index is -0.447. The lowest BCUT2D eigenvalue weighted by Gasteiger charge is -2.41. The van der Waals surface area contributed by atoms with E-state index in [9.17, 15) is 9.59 Å². The zero-order valence-corrected chi connectivity index (χ0v) is 9.10. The zero-order chi connectivity index (χ0) is 11.1. The van der Waals surface area contributed by atoms with Gasteiger partial charge in [-0.1, -0.05) is 0 Å². The Labute approximate surface area is 89.0 Å². The van der Waals surface area contributed by atoms with Gasteiger partial charge < -0.3 is 9.53 Å². The molecule has 0 N–H and O–H groups in total. The molecule has 0 unspecified atom stereocenters. The molecule has 0 bridgehead atoms. The van der Waals surface area contributed by atoms with Gasteiger partial charge in [-0.3, -0.25) is 9.80 Å². The van der Waals surface area contributed by atoms with Crippen LogP contribution in [0.15, 0.2) is 0 Å². The molecule has 2 heterocycles. The zero-order valence-electron chi connectivity index (χ0n) is 9.10. The Hall–Kier alpha value is -1.10. The van der Waals surface area contributed by atoms with E-state index in [4.69, 9.17) is 4.74 Å². The standard InChI is InChI=1S/C10H16N2O3/c1-10(2,7-13)11-3-4-12-8(5-11)6-15-9(12)14/h7-8H,3-6H2,1-2H3/t8-/m1/s1. The second-order valence-electron chi connectivity index (χ2n) is 4.64. The molecule has 1 amide bonds. The van der Waals surface area contributed by atoms with Crippen molar-refractivity contribution < 1.29 is 14.3 Å². The summed E-state index contributed by atoms with van der Waals surface area (Å²) in [4.78, 5) is 26.0. The number of piperazine rings is 1. The highest BCUT2D eigenvalue weighted by Crippen LogP contribution is 2.22. The number of ether oxygens (including phenoxy) is 1. The number of hydrogen-bond donors (Lipinski definition) is 0. The third-order valence-corrected chi connectivity index (χ3v) is 3.22. The average Bonchev–Trinajstić information content (AvgIpc) is 2.60. The lowest BCUT2D eigenvalue weighted by molar-refractivity contribution is -0.118. The predicted molar refractivity (Wildman–Crippen MR) is 53.6 cm³/mol. The Balaban J connectivity index is 2.05. The highest BCUT2D eigenvalue weighted by molar-refractivity contribution is 5.70. The van der Waals surface area contributed by atoms with Crippen LogP contribution in [0.1, 0.15) is 13.8 Å². The van der Waals surface area contributed by atoms with E-state index >= 15 is 0 Å². The summed E-state index contributed by atoms with van der Waals surface area (Å²) in [6, 6.07) is 0.116. The van der Waals surface area contributed by atoms with Gasteiger partial charge in [-0.2, -0.15) is 0 Å². The molecule has 0 spiro atoms. The third kappa shape index (κ3) is 1.71. The van der Waals surface area contributed by atoms with Crippen molar-refractivity contribution in [2.24, 2.45) is 0 Å². The largest absolute Gasteiger partial charge is 0.447 e. The first-order chi connectivity index (χ1) is 7.04. The van der Waals surface area contributed by atoms with E-state index in [0.29, 0.717) is 13.2 Å². The normalized spacial score (nSPS) is 27.5. The maximum atomic E-state index is 11.3. The average molecular weight is 212 g/mol. The topological polar surface area (TPSA) is 49.9 Å². The van der Waals surface area contributed by atoms with E-state index in [2.05, 4.69) is 4.90 Å². The first-order valence-electron chi connectivity index (χ1n) is 5.19. The van der Waals surface area contributed by atoms with Crippen molar-refractivity contribution >= 4 is 12.4 Å². The summed E-state index contributed by atoms with van der Waals surface area (Å²) in [6.07, 6.45) is 0.740. The van der Waals surface area contributed by atoms with E-state index in [1.807, 2.05) is 13.8 Å². The monoisotopic (exact) mass is 212 g/mol. The summed E-state index contributed by atoms with van der Waals surface area (Å²) in [7, 11) is 0. The lowest BCUT2D eigenvalue weighted by Crippen LogP contribution is -2.58. The number of amides is 1. The maximum Gasteiger partial charge on any atom is 0.410 e. The van der Waals surface area contributed by atoms with Crippen LogP contribution < -0.4 is 0 Å². The molecule has 15 heavy (non-hydrogen) atoms. The molecule has 5 nitrogen and oxygen atoms in total. The summed E-state index contributed by atoms with van der Waals surface area (Å²) >= 11 is 0. The molecule has 2 aliphatic rings. The van der Waals surface area contributed by atoms with Gasteiger partial charge in [0.05, 0.1) is 11.6 Å². The van der Waals surface area contributed by atoms with Gasteiger partial charge in [0.1, 0.15) is 12.9 Å². The Morgan fingerprint density at radius 1 is 1.47 bits per heavy atom. The van der Waals surface area contributed by atoms with Crippen LogP contribution in [0.25, 0.3) is 0 Å². The first kappa shape index (κ1) is 10.4.